The molecule has 0 saturated carbocycles. The lowest BCUT2D eigenvalue weighted by Gasteiger charge is -1.93. The Morgan fingerprint density at radius 3 is 2.73 bits per heavy atom. The number of nitrogens with zero attached hydrogens (tertiary/aromatic N) is 2. The summed E-state index contributed by atoms with van der Waals surface area (Å²) in [5.41, 5.74) is 2.34. The van der Waals surface area contributed by atoms with Crippen LogP contribution in [0.25, 0.3) is 10.6 Å². The van der Waals surface area contributed by atoms with Crippen LogP contribution in [0.4, 0.5) is 0 Å². The van der Waals surface area contributed by atoms with Gasteiger partial charge in [-0.05, 0) is 6.92 Å². The molecule has 0 aliphatic rings. The predicted molar refractivity (Wildman–Crippen MR) is 61.5 cm³/mol. The first kappa shape index (κ1) is 9.86. The maximum Gasteiger partial charge on any atom is 0.124 e. The summed E-state index contributed by atoms with van der Waals surface area (Å²) in [6, 6.07) is 9.94. The molecule has 76 valence electrons. The Kier molecular flexibility index (Phi) is 2.78. The van der Waals surface area contributed by atoms with Gasteiger partial charge >= 0.3 is 0 Å². The van der Waals surface area contributed by atoms with E-state index in [9.17, 15) is 0 Å². The molecule has 2 aromatic rings. The highest BCUT2D eigenvalue weighted by molar-refractivity contribution is 7.13. The number of benzene rings is 1. The van der Waals surface area contributed by atoms with E-state index in [4.69, 9.17) is 5.21 Å². The molecule has 1 N–H and O–H groups in total. The fraction of sp³-hybridized carbons (Fsp3) is 0.0909. The summed E-state index contributed by atoms with van der Waals surface area (Å²) in [5, 5.41) is 14.6. The van der Waals surface area contributed by atoms with Crippen LogP contribution in [0.3, 0.4) is 0 Å². The van der Waals surface area contributed by atoms with Gasteiger partial charge in [0, 0.05) is 10.9 Å². The molecule has 0 amide bonds. The van der Waals surface area contributed by atoms with E-state index in [2.05, 4.69) is 10.1 Å². The zero-order chi connectivity index (χ0) is 10.7. The van der Waals surface area contributed by atoms with Crippen molar-refractivity contribution in [2.24, 2.45) is 5.16 Å². The Hall–Kier alpha value is -1.68. The molecule has 0 saturated heterocycles. The first-order valence-corrected chi connectivity index (χ1v) is 5.39. The minimum Gasteiger partial charge on any atom is -0.411 e. The molecule has 15 heavy (non-hydrogen) atoms. The van der Waals surface area contributed by atoms with Gasteiger partial charge in [-0.15, -0.1) is 11.3 Å². The Morgan fingerprint density at radius 1 is 1.33 bits per heavy atom. The average Bonchev–Trinajstić information content (AvgIpc) is 2.78. The van der Waals surface area contributed by atoms with Crippen LogP contribution in [0.2, 0.25) is 0 Å². The Balaban J connectivity index is 2.36. The standard InChI is InChI=1S/C11H10N2OS/c1-8(13-14)10-7-15-11(12-10)9-5-3-2-4-6-9/h2-7,14H,1H3. The summed E-state index contributed by atoms with van der Waals surface area (Å²) in [6.07, 6.45) is 0. The smallest absolute Gasteiger partial charge is 0.124 e. The van der Waals surface area contributed by atoms with E-state index in [1.165, 1.54) is 0 Å². The van der Waals surface area contributed by atoms with E-state index < -0.39 is 0 Å². The van der Waals surface area contributed by atoms with Crippen molar-refractivity contribution in [3.8, 4) is 10.6 Å². The van der Waals surface area contributed by atoms with Gasteiger partial charge in [-0.1, -0.05) is 35.5 Å². The molecule has 1 heterocycles. The number of oxime groups is 1. The average molecular weight is 218 g/mol. The lowest BCUT2D eigenvalue weighted by Crippen LogP contribution is -1.93. The number of rotatable bonds is 2. The summed E-state index contributed by atoms with van der Waals surface area (Å²) in [7, 11) is 0. The van der Waals surface area contributed by atoms with E-state index in [-0.39, 0.29) is 0 Å². The molecule has 4 heteroatoms. The van der Waals surface area contributed by atoms with Gasteiger partial charge in [-0.25, -0.2) is 4.98 Å². The van der Waals surface area contributed by atoms with Gasteiger partial charge in [0.2, 0.25) is 0 Å². The van der Waals surface area contributed by atoms with Crippen LogP contribution in [-0.4, -0.2) is 15.9 Å². The van der Waals surface area contributed by atoms with Crippen molar-refractivity contribution in [2.45, 2.75) is 6.92 Å². The maximum absolute atomic E-state index is 8.62. The Bertz CT molecular complexity index is 476. The third-order valence-electron chi connectivity index (χ3n) is 2.05. The van der Waals surface area contributed by atoms with Crippen molar-refractivity contribution in [3.63, 3.8) is 0 Å². The largest absolute Gasteiger partial charge is 0.411 e. The van der Waals surface area contributed by atoms with Gasteiger partial charge in [0.1, 0.15) is 10.7 Å². The summed E-state index contributed by atoms with van der Waals surface area (Å²) in [5.74, 6) is 0. The number of hydrogen-bond donors (Lipinski definition) is 1. The zero-order valence-electron chi connectivity index (χ0n) is 8.21. The minimum absolute atomic E-state index is 0.536. The Morgan fingerprint density at radius 2 is 2.07 bits per heavy atom. The fourth-order valence-corrected chi connectivity index (χ4v) is 2.07. The van der Waals surface area contributed by atoms with Crippen LogP contribution in [-0.2, 0) is 0 Å². The molecule has 0 aliphatic heterocycles. The zero-order valence-corrected chi connectivity index (χ0v) is 9.03. The highest BCUT2D eigenvalue weighted by atomic mass is 32.1. The molecule has 0 aliphatic carbocycles. The first-order chi connectivity index (χ1) is 7.31. The van der Waals surface area contributed by atoms with Gasteiger partial charge in [0.15, 0.2) is 0 Å². The fourth-order valence-electron chi connectivity index (χ4n) is 1.20. The lowest BCUT2D eigenvalue weighted by molar-refractivity contribution is 0.319. The Labute approximate surface area is 91.7 Å². The van der Waals surface area contributed by atoms with Crippen molar-refractivity contribution in [3.05, 3.63) is 41.4 Å². The van der Waals surface area contributed by atoms with Crippen molar-refractivity contribution in [1.82, 2.24) is 4.98 Å². The number of hydrogen-bond acceptors (Lipinski definition) is 4. The summed E-state index contributed by atoms with van der Waals surface area (Å²) in [4.78, 5) is 4.38. The monoisotopic (exact) mass is 218 g/mol. The van der Waals surface area contributed by atoms with Crippen LogP contribution in [0.5, 0.6) is 0 Å². The molecule has 0 unspecified atom stereocenters. The first-order valence-electron chi connectivity index (χ1n) is 4.51. The van der Waals surface area contributed by atoms with Crippen molar-refractivity contribution < 1.29 is 5.21 Å². The quantitative estimate of drug-likeness (QED) is 0.478. The maximum atomic E-state index is 8.62. The minimum atomic E-state index is 0.536. The van der Waals surface area contributed by atoms with E-state index in [1.54, 1.807) is 18.3 Å². The summed E-state index contributed by atoms with van der Waals surface area (Å²) in [6.45, 7) is 1.73. The van der Waals surface area contributed by atoms with Crippen molar-refractivity contribution in [1.29, 1.82) is 0 Å². The molecule has 1 aromatic carbocycles. The second-order valence-electron chi connectivity index (χ2n) is 3.09. The third kappa shape index (κ3) is 2.05. The molecule has 0 spiro atoms. The van der Waals surface area contributed by atoms with Crippen LogP contribution in [0.1, 0.15) is 12.6 Å². The molecule has 2 rings (SSSR count). The topological polar surface area (TPSA) is 45.5 Å². The van der Waals surface area contributed by atoms with E-state index in [1.807, 2.05) is 35.7 Å². The normalized spacial score (nSPS) is 11.7. The van der Waals surface area contributed by atoms with Crippen LogP contribution in [0.15, 0.2) is 40.9 Å². The van der Waals surface area contributed by atoms with E-state index in [0.29, 0.717) is 5.71 Å². The van der Waals surface area contributed by atoms with Gasteiger partial charge in [-0.2, -0.15) is 0 Å². The highest BCUT2D eigenvalue weighted by Crippen LogP contribution is 2.23. The molecule has 0 fully saturated rings. The molecule has 0 bridgehead atoms. The molecular formula is C11H10N2OS. The SMILES string of the molecule is CC(=NO)c1csc(-c2ccccc2)n1. The molecule has 0 radical (unpaired) electrons. The van der Waals surface area contributed by atoms with Crippen LogP contribution >= 0.6 is 11.3 Å². The van der Waals surface area contributed by atoms with E-state index in [0.717, 1.165) is 16.3 Å². The third-order valence-corrected chi connectivity index (χ3v) is 2.94. The van der Waals surface area contributed by atoms with Gasteiger partial charge in [-0.3, -0.25) is 0 Å². The van der Waals surface area contributed by atoms with Crippen LogP contribution in [0, 0.1) is 0 Å². The number of aromatic nitrogens is 1. The molecular weight excluding hydrogens is 208 g/mol. The highest BCUT2D eigenvalue weighted by Gasteiger charge is 2.06. The van der Waals surface area contributed by atoms with Crippen LogP contribution < -0.4 is 0 Å². The van der Waals surface area contributed by atoms with Gasteiger partial charge < -0.3 is 5.21 Å². The summed E-state index contributed by atoms with van der Waals surface area (Å²) < 4.78 is 0. The number of thiazole rings is 1. The predicted octanol–water partition coefficient (Wildman–Crippen LogP) is 3.01. The second-order valence-corrected chi connectivity index (χ2v) is 3.95. The molecule has 0 atom stereocenters. The van der Waals surface area contributed by atoms with Crippen molar-refractivity contribution in [2.75, 3.05) is 0 Å². The van der Waals surface area contributed by atoms with Crippen molar-refractivity contribution >= 4 is 17.0 Å². The summed E-state index contributed by atoms with van der Waals surface area (Å²) >= 11 is 1.54. The molecule has 1 aromatic heterocycles. The van der Waals surface area contributed by atoms with Gasteiger partial charge in [0.05, 0.1) is 5.69 Å². The van der Waals surface area contributed by atoms with Gasteiger partial charge in [0.25, 0.3) is 0 Å². The van der Waals surface area contributed by atoms with E-state index >= 15 is 0 Å². The lowest BCUT2D eigenvalue weighted by atomic mass is 10.2. The molecule has 3 nitrogen and oxygen atoms in total. The second kappa shape index (κ2) is 4.23.